The third-order valence-electron chi connectivity index (χ3n) is 4.19. The Labute approximate surface area is 84.6 Å². The van der Waals surface area contributed by atoms with Gasteiger partial charge in [-0.3, -0.25) is 10.1 Å². The van der Waals surface area contributed by atoms with Gasteiger partial charge >= 0.3 is 0 Å². The fraction of sp³-hybridized carbons (Fsp3) is 0.909. The zero-order chi connectivity index (χ0) is 9.60. The molecule has 0 aromatic carbocycles. The second-order valence-corrected chi connectivity index (χ2v) is 5.05. The van der Waals surface area contributed by atoms with Gasteiger partial charge < -0.3 is 5.32 Å². The zero-order valence-electron chi connectivity index (χ0n) is 8.51. The molecular weight excluding hydrogens is 176 g/mol. The minimum atomic E-state index is -0.154. The monoisotopic (exact) mass is 194 g/mol. The van der Waals surface area contributed by atoms with E-state index in [2.05, 4.69) is 10.6 Å². The molecular formula is C11H18N2O. The Morgan fingerprint density at radius 2 is 1.79 bits per heavy atom. The van der Waals surface area contributed by atoms with E-state index in [-0.39, 0.29) is 11.4 Å². The van der Waals surface area contributed by atoms with Gasteiger partial charge in [-0.2, -0.15) is 0 Å². The summed E-state index contributed by atoms with van der Waals surface area (Å²) in [6, 6.07) is 0.976. The van der Waals surface area contributed by atoms with Crippen molar-refractivity contribution in [1.82, 2.24) is 10.6 Å². The van der Waals surface area contributed by atoms with Crippen LogP contribution in [0.2, 0.25) is 0 Å². The SMILES string of the molecule is O=C1N[C@@H]2CCCC[C@H]2NC12CCC2. The van der Waals surface area contributed by atoms with Crippen molar-refractivity contribution in [1.29, 1.82) is 0 Å². The molecule has 0 aromatic rings. The normalized spacial score (nSPS) is 39.9. The van der Waals surface area contributed by atoms with Crippen molar-refractivity contribution < 1.29 is 4.79 Å². The lowest BCUT2D eigenvalue weighted by molar-refractivity contribution is -0.136. The summed E-state index contributed by atoms with van der Waals surface area (Å²) in [5.74, 6) is 0.270. The molecule has 2 saturated carbocycles. The Kier molecular flexibility index (Phi) is 1.84. The average molecular weight is 194 g/mol. The maximum Gasteiger partial charge on any atom is 0.240 e. The first kappa shape index (κ1) is 8.72. The van der Waals surface area contributed by atoms with E-state index in [1.165, 1.54) is 32.1 Å². The summed E-state index contributed by atoms with van der Waals surface area (Å²) in [7, 11) is 0. The van der Waals surface area contributed by atoms with Gasteiger partial charge in [-0.05, 0) is 32.1 Å². The van der Waals surface area contributed by atoms with E-state index in [0.29, 0.717) is 12.1 Å². The Hall–Kier alpha value is -0.570. The van der Waals surface area contributed by atoms with Crippen molar-refractivity contribution in [3.63, 3.8) is 0 Å². The molecule has 0 bridgehead atoms. The van der Waals surface area contributed by atoms with Gasteiger partial charge in [-0.1, -0.05) is 12.8 Å². The van der Waals surface area contributed by atoms with Crippen molar-refractivity contribution in [3.8, 4) is 0 Å². The summed E-state index contributed by atoms with van der Waals surface area (Å²) in [5.41, 5.74) is -0.154. The fourth-order valence-corrected chi connectivity index (χ4v) is 3.11. The number of hydrogen-bond acceptors (Lipinski definition) is 2. The van der Waals surface area contributed by atoms with Gasteiger partial charge in [0.15, 0.2) is 0 Å². The Bertz CT molecular complexity index is 260. The molecule has 3 heteroatoms. The number of amides is 1. The summed E-state index contributed by atoms with van der Waals surface area (Å²) in [6.07, 6.45) is 8.30. The highest BCUT2D eigenvalue weighted by molar-refractivity contribution is 5.88. The second kappa shape index (κ2) is 2.96. The summed E-state index contributed by atoms with van der Waals surface area (Å²) < 4.78 is 0. The van der Waals surface area contributed by atoms with Gasteiger partial charge in [-0.25, -0.2) is 0 Å². The van der Waals surface area contributed by atoms with E-state index < -0.39 is 0 Å². The summed E-state index contributed by atoms with van der Waals surface area (Å²) >= 11 is 0. The Morgan fingerprint density at radius 1 is 1.07 bits per heavy atom. The van der Waals surface area contributed by atoms with Gasteiger partial charge in [-0.15, -0.1) is 0 Å². The minimum Gasteiger partial charge on any atom is -0.350 e. The van der Waals surface area contributed by atoms with Gasteiger partial charge in [0.25, 0.3) is 0 Å². The highest BCUT2D eigenvalue weighted by Gasteiger charge is 2.50. The molecule has 2 aliphatic carbocycles. The number of hydrogen-bond donors (Lipinski definition) is 2. The number of fused-ring (bicyclic) bond motifs is 1. The van der Waals surface area contributed by atoms with Crippen LogP contribution < -0.4 is 10.6 Å². The first-order valence-electron chi connectivity index (χ1n) is 5.89. The molecule has 0 aromatic heterocycles. The van der Waals surface area contributed by atoms with Crippen LogP contribution in [0.1, 0.15) is 44.9 Å². The van der Waals surface area contributed by atoms with E-state index in [1.807, 2.05) is 0 Å². The molecule has 1 saturated heterocycles. The highest BCUT2D eigenvalue weighted by atomic mass is 16.2. The topological polar surface area (TPSA) is 41.1 Å². The zero-order valence-corrected chi connectivity index (χ0v) is 8.51. The van der Waals surface area contributed by atoms with E-state index >= 15 is 0 Å². The molecule has 0 unspecified atom stereocenters. The lowest BCUT2D eigenvalue weighted by Crippen LogP contribution is -2.73. The van der Waals surface area contributed by atoms with Crippen LogP contribution in [0.15, 0.2) is 0 Å². The number of carbonyl (C=O) groups excluding carboxylic acids is 1. The van der Waals surface area contributed by atoms with Gasteiger partial charge in [0.05, 0.1) is 5.54 Å². The Morgan fingerprint density at radius 3 is 2.43 bits per heavy atom. The fourth-order valence-electron chi connectivity index (χ4n) is 3.11. The predicted octanol–water partition coefficient (Wildman–Crippen LogP) is 0.940. The predicted molar refractivity (Wildman–Crippen MR) is 53.9 cm³/mol. The Balaban J connectivity index is 1.78. The summed E-state index contributed by atoms with van der Waals surface area (Å²) in [4.78, 5) is 11.9. The van der Waals surface area contributed by atoms with Gasteiger partial charge in [0.2, 0.25) is 5.91 Å². The molecule has 0 radical (unpaired) electrons. The van der Waals surface area contributed by atoms with Gasteiger partial charge in [0, 0.05) is 12.1 Å². The average Bonchev–Trinajstić information content (AvgIpc) is 2.14. The number of carbonyl (C=O) groups is 1. The maximum absolute atomic E-state index is 11.9. The van der Waals surface area contributed by atoms with Crippen LogP contribution in [0.3, 0.4) is 0 Å². The van der Waals surface area contributed by atoms with Crippen LogP contribution in [0, 0.1) is 0 Å². The molecule has 2 atom stereocenters. The van der Waals surface area contributed by atoms with Crippen molar-refractivity contribution in [3.05, 3.63) is 0 Å². The van der Waals surface area contributed by atoms with Crippen LogP contribution in [0.25, 0.3) is 0 Å². The van der Waals surface area contributed by atoms with Crippen LogP contribution >= 0.6 is 0 Å². The molecule has 2 N–H and O–H groups in total. The van der Waals surface area contributed by atoms with Gasteiger partial charge in [0.1, 0.15) is 0 Å². The van der Waals surface area contributed by atoms with E-state index in [1.54, 1.807) is 0 Å². The van der Waals surface area contributed by atoms with E-state index in [9.17, 15) is 4.79 Å². The van der Waals surface area contributed by atoms with Crippen molar-refractivity contribution in [2.45, 2.75) is 62.6 Å². The third kappa shape index (κ3) is 1.11. The quantitative estimate of drug-likeness (QED) is 0.602. The lowest BCUT2D eigenvalue weighted by atomic mass is 9.72. The molecule has 1 aliphatic heterocycles. The molecule has 1 heterocycles. The second-order valence-electron chi connectivity index (χ2n) is 5.05. The first-order valence-corrected chi connectivity index (χ1v) is 5.89. The van der Waals surface area contributed by atoms with Crippen molar-refractivity contribution in [2.75, 3.05) is 0 Å². The highest BCUT2D eigenvalue weighted by Crippen LogP contribution is 2.37. The molecule has 1 amide bonds. The third-order valence-corrected chi connectivity index (χ3v) is 4.19. The number of nitrogens with one attached hydrogen (secondary N) is 2. The molecule has 3 rings (SSSR count). The van der Waals surface area contributed by atoms with E-state index in [4.69, 9.17) is 0 Å². The largest absolute Gasteiger partial charge is 0.350 e. The molecule has 1 spiro atoms. The maximum atomic E-state index is 11.9. The van der Waals surface area contributed by atoms with Crippen LogP contribution in [0.5, 0.6) is 0 Å². The van der Waals surface area contributed by atoms with Crippen molar-refractivity contribution in [2.24, 2.45) is 0 Å². The standard InChI is InChI=1S/C11H18N2O/c14-10-11(6-3-7-11)13-9-5-2-1-4-8(9)12-10/h8-9,13H,1-7H2,(H,12,14)/t8-,9-/m1/s1. The van der Waals surface area contributed by atoms with E-state index in [0.717, 1.165) is 12.8 Å². The number of piperazine rings is 1. The number of rotatable bonds is 0. The smallest absolute Gasteiger partial charge is 0.240 e. The summed E-state index contributed by atoms with van der Waals surface area (Å²) in [5, 5.41) is 6.82. The molecule has 3 aliphatic rings. The summed E-state index contributed by atoms with van der Waals surface area (Å²) in [6.45, 7) is 0. The van der Waals surface area contributed by atoms with Crippen molar-refractivity contribution >= 4 is 5.91 Å². The molecule has 14 heavy (non-hydrogen) atoms. The lowest BCUT2D eigenvalue weighted by Gasteiger charge is -2.51. The minimum absolute atomic E-state index is 0.154. The molecule has 3 nitrogen and oxygen atoms in total. The van der Waals surface area contributed by atoms with Crippen LogP contribution in [-0.2, 0) is 4.79 Å². The first-order chi connectivity index (χ1) is 6.80. The molecule has 78 valence electrons. The van der Waals surface area contributed by atoms with Crippen LogP contribution in [-0.4, -0.2) is 23.5 Å². The van der Waals surface area contributed by atoms with Crippen LogP contribution in [0.4, 0.5) is 0 Å². The molecule has 3 fully saturated rings.